The lowest BCUT2D eigenvalue weighted by atomic mass is 10.1. The number of nitrogens with one attached hydrogen (secondary N) is 1. The van der Waals surface area contributed by atoms with Gasteiger partial charge in [-0.1, -0.05) is 11.6 Å². The summed E-state index contributed by atoms with van der Waals surface area (Å²) in [7, 11) is 1.61. The Balaban J connectivity index is 2.85. The molecule has 0 aliphatic heterocycles. The van der Waals surface area contributed by atoms with Crippen molar-refractivity contribution in [3.8, 4) is 0 Å². The summed E-state index contributed by atoms with van der Waals surface area (Å²) in [4.78, 5) is 11.0. The zero-order valence-corrected chi connectivity index (χ0v) is 10.3. The lowest BCUT2D eigenvalue weighted by Gasteiger charge is -2.12. The van der Waals surface area contributed by atoms with Gasteiger partial charge in [0.25, 0.3) is 0 Å². The standard InChI is InChI=1S/C11H15ClN2O3/c1-17-4-2-3-14-10-8(11(15)16)5-7(13)6-9(10)12/h5-6,14H,2-4,13H2,1H3,(H,15,16). The van der Waals surface area contributed by atoms with Gasteiger partial charge in [0.1, 0.15) is 0 Å². The lowest BCUT2D eigenvalue weighted by Crippen LogP contribution is -2.10. The van der Waals surface area contributed by atoms with Crippen molar-refractivity contribution in [2.75, 3.05) is 31.3 Å². The first-order valence-electron chi connectivity index (χ1n) is 5.11. The van der Waals surface area contributed by atoms with E-state index in [0.29, 0.717) is 29.5 Å². The average Bonchev–Trinajstić information content (AvgIpc) is 2.25. The summed E-state index contributed by atoms with van der Waals surface area (Å²) in [6.07, 6.45) is 0.760. The Morgan fingerprint density at radius 1 is 1.59 bits per heavy atom. The van der Waals surface area contributed by atoms with Crippen molar-refractivity contribution in [2.24, 2.45) is 0 Å². The van der Waals surface area contributed by atoms with Crippen LogP contribution in [0.25, 0.3) is 0 Å². The highest BCUT2D eigenvalue weighted by Gasteiger charge is 2.14. The molecule has 94 valence electrons. The second-order valence-electron chi connectivity index (χ2n) is 3.50. The fraction of sp³-hybridized carbons (Fsp3) is 0.364. The van der Waals surface area contributed by atoms with Crippen LogP contribution in [0.15, 0.2) is 12.1 Å². The highest BCUT2D eigenvalue weighted by Crippen LogP contribution is 2.29. The molecule has 0 atom stereocenters. The predicted octanol–water partition coefficient (Wildman–Crippen LogP) is 2.07. The van der Waals surface area contributed by atoms with Crippen molar-refractivity contribution in [3.05, 3.63) is 22.7 Å². The van der Waals surface area contributed by atoms with E-state index in [2.05, 4.69) is 5.32 Å². The average molecular weight is 259 g/mol. The molecule has 0 heterocycles. The molecule has 0 saturated heterocycles. The van der Waals surface area contributed by atoms with Crippen LogP contribution in [0, 0.1) is 0 Å². The number of carboxylic acids is 1. The summed E-state index contributed by atoms with van der Waals surface area (Å²) in [5.74, 6) is -1.06. The van der Waals surface area contributed by atoms with Gasteiger partial charge in [-0.05, 0) is 18.6 Å². The molecule has 0 bridgehead atoms. The predicted molar refractivity (Wildman–Crippen MR) is 67.8 cm³/mol. The van der Waals surface area contributed by atoms with Crippen LogP contribution in [0.5, 0.6) is 0 Å². The molecule has 5 nitrogen and oxygen atoms in total. The van der Waals surface area contributed by atoms with Crippen LogP contribution in [0.3, 0.4) is 0 Å². The van der Waals surface area contributed by atoms with Gasteiger partial charge < -0.3 is 20.9 Å². The number of rotatable bonds is 6. The fourth-order valence-electron chi connectivity index (χ4n) is 1.41. The number of hydrogen-bond donors (Lipinski definition) is 3. The van der Waals surface area contributed by atoms with Crippen molar-refractivity contribution in [1.29, 1.82) is 0 Å². The number of aromatic carboxylic acids is 1. The second kappa shape index (κ2) is 6.32. The summed E-state index contributed by atoms with van der Waals surface area (Å²) in [5.41, 5.74) is 6.34. The van der Waals surface area contributed by atoms with E-state index < -0.39 is 5.97 Å². The van der Waals surface area contributed by atoms with E-state index >= 15 is 0 Å². The Morgan fingerprint density at radius 3 is 2.88 bits per heavy atom. The molecule has 0 radical (unpaired) electrons. The van der Waals surface area contributed by atoms with E-state index in [-0.39, 0.29) is 5.56 Å². The Hall–Kier alpha value is -1.46. The number of hydrogen-bond acceptors (Lipinski definition) is 4. The van der Waals surface area contributed by atoms with Gasteiger partial charge >= 0.3 is 5.97 Å². The van der Waals surface area contributed by atoms with Gasteiger partial charge in [-0.15, -0.1) is 0 Å². The number of benzene rings is 1. The fourth-order valence-corrected chi connectivity index (χ4v) is 1.70. The molecule has 6 heteroatoms. The molecule has 0 aromatic heterocycles. The first-order chi connectivity index (χ1) is 8.06. The lowest BCUT2D eigenvalue weighted by molar-refractivity contribution is 0.0698. The summed E-state index contributed by atoms with van der Waals surface area (Å²) < 4.78 is 4.90. The van der Waals surface area contributed by atoms with Crippen molar-refractivity contribution < 1.29 is 14.6 Å². The highest BCUT2D eigenvalue weighted by atomic mass is 35.5. The molecule has 17 heavy (non-hydrogen) atoms. The van der Waals surface area contributed by atoms with Gasteiger partial charge in [0.15, 0.2) is 0 Å². The van der Waals surface area contributed by atoms with E-state index in [1.807, 2.05) is 0 Å². The molecule has 0 saturated carbocycles. The van der Waals surface area contributed by atoms with Gasteiger partial charge in [0.05, 0.1) is 16.3 Å². The van der Waals surface area contributed by atoms with Crippen LogP contribution in [0.1, 0.15) is 16.8 Å². The van der Waals surface area contributed by atoms with Crippen molar-refractivity contribution in [2.45, 2.75) is 6.42 Å². The maximum Gasteiger partial charge on any atom is 0.337 e. The van der Waals surface area contributed by atoms with Crippen LogP contribution in [0.4, 0.5) is 11.4 Å². The summed E-state index contributed by atoms with van der Waals surface area (Å²) in [6, 6.07) is 2.90. The third-order valence-electron chi connectivity index (χ3n) is 2.17. The molecule has 1 rings (SSSR count). The molecule has 1 aromatic carbocycles. The number of nitrogen functional groups attached to an aromatic ring is 1. The molecule has 0 amide bonds. The molecule has 4 N–H and O–H groups in total. The quantitative estimate of drug-likeness (QED) is 0.537. The maximum atomic E-state index is 11.0. The highest BCUT2D eigenvalue weighted by molar-refractivity contribution is 6.34. The molecule has 0 aliphatic rings. The normalized spacial score (nSPS) is 10.2. The molecular weight excluding hydrogens is 244 g/mol. The monoisotopic (exact) mass is 258 g/mol. The number of carbonyl (C=O) groups is 1. The van der Waals surface area contributed by atoms with E-state index in [4.69, 9.17) is 27.2 Å². The van der Waals surface area contributed by atoms with Crippen LogP contribution in [0.2, 0.25) is 5.02 Å². The number of methoxy groups -OCH3 is 1. The third kappa shape index (κ3) is 3.80. The molecular formula is C11H15ClN2O3. The van der Waals surface area contributed by atoms with Gasteiger partial charge in [-0.3, -0.25) is 0 Å². The summed E-state index contributed by atoms with van der Waals surface area (Å²) in [6.45, 7) is 1.18. The molecule has 0 unspecified atom stereocenters. The van der Waals surface area contributed by atoms with Gasteiger partial charge in [-0.2, -0.15) is 0 Å². The topological polar surface area (TPSA) is 84.6 Å². The largest absolute Gasteiger partial charge is 0.478 e. The van der Waals surface area contributed by atoms with Crippen molar-refractivity contribution in [3.63, 3.8) is 0 Å². The maximum absolute atomic E-state index is 11.0. The van der Waals surface area contributed by atoms with E-state index in [9.17, 15) is 4.79 Å². The Kier molecular flexibility index (Phi) is 5.06. The van der Waals surface area contributed by atoms with Crippen LogP contribution < -0.4 is 11.1 Å². The minimum atomic E-state index is -1.06. The SMILES string of the molecule is COCCCNc1c(Cl)cc(N)cc1C(=O)O. The van der Waals surface area contributed by atoms with Crippen LogP contribution in [-0.2, 0) is 4.74 Å². The van der Waals surface area contributed by atoms with E-state index in [1.165, 1.54) is 12.1 Å². The Labute approximate surface area is 105 Å². The third-order valence-corrected chi connectivity index (χ3v) is 2.47. The van der Waals surface area contributed by atoms with Crippen LogP contribution in [-0.4, -0.2) is 31.3 Å². The Morgan fingerprint density at radius 2 is 2.29 bits per heavy atom. The second-order valence-corrected chi connectivity index (χ2v) is 3.91. The summed E-state index contributed by atoms with van der Waals surface area (Å²) >= 11 is 5.95. The molecule has 0 aliphatic carbocycles. The zero-order chi connectivity index (χ0) is 12.8. The molecule has 0 spiro atoms. The first-order valence-corrected chi connectivity index (χ1v) is 5.49. The van der Waals surface area contributed by atoms with E-state index in [0.717, 1.165) is 6.42 Å². The number of anilines is 2. The van der Waals surface area contributed by atoms with Crippen molar-refractivity contribution in [1.82, 2.24) is 0 Å². The minimum absolute atomic E-state index is 0.0763. The minimum Gasteiger partial charge on any atom is -0.478 e. The molecule has 0 fully saturated rings. The number of nitrogens with two attached hydrogens (primary N) is 1. The van der Waals surface area contributed by atoms with Gasteiger partial charge in [-0.25, -0.2) is 4.79 Å². The van der Waals surface area contributed by atoms with Gasteiger partial charge in [0.2, 0.25) is 0 Å². The van der Waals surface area contributed by atoms with Crippen molar-refractivity contribution >= 4 is 28.9 Å². The Bertz CT molecular complexity index is 410. The number of carboxylic acid groups (broad SMARTS) is 1. The summed E-state index contributed by atoms with van der Waals surface area (Å²) in [5, 5.41) is 12.3. The zero-order valence-electron chi connectivity index (χ0n) is 9.50. The smallest absolute Gasteiger partial charge is 0.337 e. The van der Waals surface area contributed by atoms with E-state index in [1.54, 1.807) is 7.11 Å². The van der Waals surface area contributed by atoms with Gasteiger partial charge in [0, 0.05) is 25.9 Å². The molecule has 1 aromatic rings. The number of ether oxygens (including phenoxy) is 1. The number of halogens is 1. The first kappa shape index (κ1) is 13.6. The van der Waals surface area contributed by atoms with Crippen LogP contribution >= 0.6 is 11.6 Å².